The highest BCUT2D eigenvalue weighted by atomic mass is 31.2. The number of para-hydroxylation sites is 1. The van der Waals surface area contributed by atoms with Crippen LogP contribution >= 0.6 is 7.75 Å². The standard InChI is InChI=1S/C33H41N6O11P/c1-19(2)30(40)47-27-26(24-11-12-25-29(35)36-18-37-39(24)25)49-33(16-34,28(27)48-31(41)20(3)4)17-45-51(43,50-22-9-7-6-8-10-22)38-21(5)32(42)46-23-13-14-44-15-23/h6-12,18-21,23,26-28H,13-15,17H2,1-5H3,(H,38,43)(H2,35,36,37)/t21?,23-,26-,27-,28-,33+,51?/m0/s1. The number of rotatable bonds is 14. The minimum atomic E-state index is -4.58. The molecule has 0 radical (unpaired) electrons. The summed E-state index contributed by atoms with van der Waals surface area (Å²) in [6.07, 6.45) is -3.10. The average Bonchev–Trinajstić information content (AvgIpc) is 3.84. The second-order valence-corrected chi connectivity index (χ2v) is 14.5. The molecular formula is C33H41N6O11P. The number of anilines is 1. The Kier molecular flexibility index (Phi) is 11.6. The third kappa shape index (κ3) is 8.49. The molecule has 2 aliphatic heterocycles. The number of benzene rings is 1. The highest BCUT2D eigenvalue weighted by molar-refractivity contribution is 7.52. The van der Waals surface area contributed by atoms with Crippen molar-refractivity contribution in [3.8, 4) is 11.8 Å². The smallest absolute Gasteiger partial charge is 0.459 e. The zero-order chi connectivity index (χ0) is 36.9. The lowest BCUT2D eigenvalue weighted by molar-refractivity contribution is -0.173. The molecule has 2 unspecified atom stereocenters. The fraction of sp³-hybridized carbons (Fsp3) is 0.515. The lowest BCUT2D eigenvalue weighted by Gasteiger charge is -2.31. The SMILES string of the molecule is CC(C)C(=O)O[C@H]1[C@H](c2ccc3c(N)ncnn23)O[C@](C#N)(COP(=O)(NC(C)C(=O)O[C@H]2CCOC2)Oc2ccccc2)[C@H]1OC(=O)C(C)C. The molecule has 1 aromatic carbocycles. The van der Waals surface area contributed by atoms with Crippen LogP contribution in [0.3, 0.4) is 0 Å². The van der Waals surface area contributed by atoms with Gasteiger partial charge in [-0.1, -0.05) is 45.9 Å². The van der Waals surface area contributed by atoms with Crippen LogP contribution in [-0.4, -0.2) is 82.3 Å². The molecule has 0 aliphatic carbocycles. The predicted octanol–water partition coefficient (Wildman–Crippen LogP) is 3.29. The first-order chi connectivity index (χ1) is 24.3. The average molecular weight is 729 g/mol. The van der Waals surface area contributed by atoms with E-state index in [0.717, 1.165) is 0 Å². The van der Waals surface area contributed by atoms with Crippen LogP contribution < -0.4 is 15.3 Å². The number of nitrogens with zero attached hydrogens (tertiary/aromatic N) is 4. The summed E-state index contributed by atoms with van der Waals surface area (Å²) >= 11 is 0. The van der Waals surface area contributed by atoms with Crippen LogP contribution in [0.5, 0.6) is 5.75 Å². The highest BCUT2D eigenvalue weighted by Gasteiger charge is 2.62. The molecule has 274 valence electrons. The topological polar surface area (TPSA) is 225 Å². The number of ether oxygens (including phenoxy) is 5. The fourth-order valence-corrected chi connectivity index (χ4v) is 6.83. The molecule has 2 fully saturated rings. The van der Waals surface area contributed by atoms with Crippen LogP contribution in [0.2, 0.25) is 0 Å². The predicted molar refractivity (Wildman–Crippen MR) is 178 cm³/mol. The van der Waals surface area contributed by atoms with Crippen LogP contribution in [-0.2, 0) is 47.2 Å². The summed E-state index contributed by atoms with van der Waals surface area (Å²) in [6.45, 7) is 7.60. The monoisotopic (exact) mass is 728 g/mol. The summed E-state index contributed by atoms with van der Waals surface area (Å²) in [5.41, 5.74) is 4.47. The maximum Gasteiger partial charge on any atom is 0.459 e. The molecule has 3 aromatic rings. The molecule has 18 heteroatoms. The summed E-state index contributed by atoms with van der Waals surface area (Å²) in [5.74, 6) is -3.21. The van der Waals surface area contributed by atoms with E-state index in [1.54, 1.807) is 58.0 Å². The molecule has 0 amide bonds. The number of nitriles is 1. The van der Waals surface area contributed by atoms with Crippen LogP contribution in [0.25, 0.3) is 5.52 Å². The molecule has 5 rings (SSSR count). The van der Waals surface area contributed by atoms with Crippen LogP contribution in [0, 0.1) is 23.2 Å². The molecule has 51 heavy (non-hydrogen) atoms. The van der Waals surface area contributed by atoms with Crippen molar-refractivity contribution in [1.82, 2.24) is 19.7 Å². The van der Waals surface area contributed by atoms with Crippen molar-refractivity contribution < 1.29 is 51.7 Å². The summed E-state index contributed by atoms with van der Waals surface area (Å²) in [5, 5.41) is 17.7. The van der Waals surface area contributed by atoms with E-state index in [0.29, 0.717) is 18.5 Å². The van der Waals surface area contributed by atoms with E-state index in [1.807, 2.05) is 6.07 Å². The molecule has 17 nitrogen and oxygen atoms in total. The van der Waals surface area contributed by atoms with Gasteiger partial charge in [0.1, 0.15) is 48.5 Å². The van der Waals surface area contributed by atoms with Crippen molar-refractivity contribution in [2.75, 3.05) is 25.6 Å². The Bertz CT molecular complexity index is 1810. The molecule has 0 saturated carbocycles. The summed E-state index contributed by atoms with van der Waals surface area (Å²) < 4.78 is 56.5. The maximum atomic E-state index is 14.5. The fourth-order valence-electron chi connectivity index (χ4n) is 5.31. The van der Waals surface area contributed by atoms with E-state index in [4.69, 9.17) is 38.5 Å². The van der Waals surface area contributed by atoms with E-state index in [9.17, 15) is 24.2 Å². The molecule has 0 spiro atoms. The number of hydrogen-bond donors (Lipinski definition) is 2. The quantitative estimate of drug-likeness (QED) is 0.138. The van der Waals surface area contributed by atoms with Crippen LogP contribution in [0.15, 0.2) is 48.8 Å². The van der Waals surface area contributed by atoms with Gasteiger partial charge in [-0.15, -0.1) is 0 Å². The first kappa shape index (κ1) is 37.7. The molecular weight excluding hydrogens is 687 g/mol. The van der Waals surface area contributed by atoms with Crippen molar-refractivity contribution in [3.63, 3.8) is 0 Å². The number of hydrogen-bond acceptors (Lipinski definition) is 15. The highest BCUT2D eigenvalue weighted by Crippen LogP contribution is 2.50. The van der Waals surface area contributed by atoms with Gasteiger partial charge in [-0.2, -0.15) is 15.4 Å². The van der Waals surface area contributed by atoms with Gasteiger partial charge in [0, 0.05) is 6.42 Å². The zero-order valence-electron chi connectivity index (χ0n) is 28.8. The number of carbonyl (C=O) groups excluding carboxylic acids is 3. The molecule has 2 aliphatic rings. The van der Waals surface area contributed by atoms with Gasteiger partial charge in [0.25, 0.3) is 0 Å². The van der Waals surface area contributed by atoms with Gasteiger partial charge in [-0.25, -0.2) is 14.1 Å². The van der Waals surface area contributed by atoms with Crippen molar-refractivity contribution in [1.29, 1.82) is 5.26 Å². The minimum absolute atomic E-state index is 0.109. The lowest BCUT2D eigenvalue weighted by Crippen LogP contribution is -2.50. The third-order valence-electron chi connectivity index (χ3n) is 8.12. The number of nitrogens with one attached hydrogen (secondary N) is 1. The molecule has 3 N–H and O–H groups in total. The Hall–Kier alpha value is -4.59. The number of nitrogen functional groups attached to an aromatic ring is 1. The van der Waals surface area contributed by atoms with E-state index < -0.39 is 80.2 Å². The Labute approximate surface area is 294 Å². The van der Waals surface area contributed by atoms with Crippen molar-refractivity contribution in [2.24, 2.45) is 11.8 Å². The van der Waals surface area contributed by atoms with Crippen molar-refractivity contribution in [2.45, 2.75) is 77.1 Å². The maximum absolute atomic E-state index is 14.5. The Balaban J connectivity index is 1.53. The Morgan fingerprint density at radius 2 is 1.76 bits per heavy atom. The first-order valence-corrected chi connectivity index (χ1v) is 17.9. The Morgan fingerprint density at radius 1 is 1.06 bits per heavy atom. The summed E-state index contributed by atoms with van der Waals surface area (Å²) in [4.78, 5) is 43.2. The van der Waals surface area contributed by atoms with Crippen LogP contribution in [0.1, 0.15) is 52.8 Å². The van der Waals surface area contributed by atoms with Gasteiger partial charge in [0.15, 0.2) is 18.0 Å². The largest absolute Gasteiger partial charge is 0.459 e. The molecule has 2 aromatic heterocycles. The van der Waals surface area contributed by atoms with Gasteiger partial charge in [0.05, 0.1) is 30.7 Å². The van der Waals surface area contributed by atoms with Crippen molar-refractivity contribution >= 4 is 37.0 Å². The number of esters is 3. The first-order valence-electron chi connectivity index (χ1n) is 16.4. The molecule has 7 atom stereocenters. The van der Waals surface area contributed by atoms with Gasteiger partial charge in [0.2, 0.25) is 5.60 Å². The van der Waals surface area contributed by atoms with Gasteiger partial charge in [-0.3, -0.25) is 18.9 Å². The molecule has 4 heterocycles. The van der Waals surface area contributed by atoms with Crippen LogP contribution in [0.4, 0.5) is 5.82 Å². The number of aromatic nitrogens is 3. The van der Waals surface area contributed by atoms with Gasteiger partial charge >= 0.3 is 25.7 Å². The van der Waals surface area contributed by atoms with E-state index in [1.165, 1.54) is 29.9 Å². The van der Waals surface area contributed by atoms with Crippen molar-refractivity contribution in [3.05, 3.63) is 54.5 Å². The number of fused-ring (bicyclic) bond motifs is 1. The van der Waals surface area contributed by atoms with E-state index in [2.05, 4.69) is 15.2 Å². The molecule has 2 saturated heterocycles. The van der Waals surface area contributed by atoms with Gasteiger partial charge in [-0.05, 0) is 31.2 Å². The summed E-state index contributed by atoms with van der Waals surface area (Å²) in [6, 6.07) is 12.0. The van der Waals surface area contributed by atoms with E-state index in [-0.39, 0.29) is 23.9 Å². The van der Waals surface area contributed by atoms with Gasteiger partial charge < -0.3 is 33.9 Å². The minimum Gasteiger partial charge on any atom is -0.459 e. The normalized spacial score (nSPS) is 24.9. The summed E-state index contributed by atoms with van der Waals surface area (Å²) in [7, 11) is -4.58. The second kappa shape index (κ2) is 15.7. The molecule has 0 bridgehead atoms. The Morgan fingerprint density at radius 3 is 2.41 bits per heavy atom. The number of carbonyl (C=O) groups is 3. The lowest BCUT2D eigenvalue weighted by atomic mass is 9.95. The van der Waals surface area contributed by atoms with E-state index >= 15 is 0 Å². The second-order valence-electron chi connectivity index (χ2n) is 12.8. The third-order valence-corrected chi connectivity index (χ3v) is 9.74. The number of nitrogens with two attached hydrogens (primary N) is 1. The zero-order valence-corrected chi connectivity index (χ0v) is 29.7.